The molecule has 3 aromatic rings. The molecule has 0 unspecified atom stereocenters. The van der Waals surface area contributed by atoms with Crippen LogP contribution in [0, 0.1) is 0 Å². The number of pyridine rings is 1. The van der Waals surface area contributed by atoms with Crippen LogP contribution in [0.4, 0.5) is 0 Å². The molecule has 1 aromatic carbocycles. The predicted molar refractivity (Wildman–Crippen MR) is 87.4 cm³/mol. The first-order chi connectivity index (χ1) is 11.2. The highest BCUT2D eigenvalue weighted by atomic mass is 16.4. The molecule has 0 bridgehead atoms. The SMILES string of the molecule is O=C(O)c1cnc2c(c1)nc(-c1ccccc1)n2C1CCCC1. The lowest BCUT2D eigenvalue weighted by Crippen LogP contribution is -2.07. The predicted octanol–water partition coefficient (Wildman–Crippen LogP) is 3.91. The number of benzene rings is 1. The molecule has 1 saturated carbocycles. The van der Waals surface area contributed by atoms with Gasteiger partial charge in [0.25, 0.3) is 0 Å². The van der Waals surface area contributed by atoms with Crippen LogP contribution in [0.1, 0.15) is 42.1 Å². The molecule has 0 saturated heterocycles. The third-order valence-corrected chi connectivity index (χ3v) is 4.50. The molecule has 2 heterocycles. The number of hydrogen-bond donors (Lipinski definition) is 1. The van der Waals surface area contributed by atoms with Crippen LogP contribution in [0.5, 0.6) is 0 Å². The first kappa shape index (κ1) is 13.9. The highest BCUT2D eigenvalue weighted by Crippen LogP contribution is 2.36. The molecule has 116 valence electrons. The molecule has 1 N–H and O–H groups in total. The smallest absolute Gasteiger partial charge is 0.337 e. The summed E-state index contributed by atoms with van der Waals surface area (Å²) in [5.74, 6) is -0.0985. The van der Waals surface area contributed by atoms with Crippen LogP contribution in [0.3, 0.4) is 0 Å². The third kappa shape index (κ3) is 2.38. The van der Waals surface area contributed by atoms with Crippen molar-refractivity contribution in [3.63, 3.8) is 0 Å². The lowest BCUT2D eigenvalue weighted by Gasteiger charge is -2.15. The van der Waals surface area contributed by atoms with Crippen LogP contribution in [0.25, 0.3) is 22.6 Å². The van der Waals surface area contributed by atoms with Crippen molar-refractivity contribution in [2.45, 2.75) is 31.7 Å². The number of aromatic nitrogens is 3. The van der Waals surface area contributed by atoms with Crippen molar-refractivity contribution in [1.29, 1.82) is 0 Å². The average Bonchev–Trinajstić information content (AvgIpc) is 3.21. The second kappa shape index (κ2) is 5.50. The van der Waals surface area contributed by atoms with E-state index >= 15 is 0 Å². The van der Waals surface area contributed by atoms with Crippen LogP contribution in [-0.2, 0) is 0 Å². The second-order valence-electron chi connectivity index (χ2n) is 5.98. The number of carbonyl (C=O) groups is 1. The van der Waals surface area contributed by atoms with E-state index in [2.05, 4.69) is 9.55 Å². The van der Waals surface area contributed by atoms with E-state index in [0.717, 1.165) is 29.9 Å². The van der Waals surface area contributed by atoms with E-state index < -0.39 is 5.97 Å². The van der Waals surface area contributed by atoms with E-state index in [4.69, 9.17) is 4.98 Å². The zero-order valence-electron chi connectivity index (χ0n) is 12.6. The maximum Gasteiger partial charge on any atom is 0.337 e. The summed E-state index contributed by atoms with van der Waals surface area (Å²) in [6, 6.07) is 12.0. The van der Waals surface area contributed by atoms with Crippen LogP contribution in [0.15, 0.2) is 42.6 Å². The Kier molecular flexibility index (Phi) is 3.33. The summed E-state index contributed by atoms with van der Waals surface area (Å²) >= 11 is 0. The summed E-state index contributed by atoms with van der Waals surface area (Å²) < 4.78 is 2.20. The van der Waals surface area contributed by atoms with Gasteiger partial charge in [-0.15, -0.1) is 0 Å². The minimum atomic E-state index is -0.976. The molecule has 5 heteroatoms. The number of rotatable bonds is 3. The Bertz CT molecular complexity index is 865. The van der Waals surface area contributed by atoms with E-state index in [1.165, 1.54) is 19.0 Å². The Morgan fingerprint density at radius 1 is 1.17 bits per heavy atom. The van der Waals surface area contributed by atoms with E-state index in [0.29, 0.717) is 11.6 Å². The molecule has 5 nitrogen and oxygen atoms in total. The van der Waals surface area contributed by atoms with Gasteiger partial charge in [0.2, 0.25) is 0 Å². The monoisotopic (exact) mass is 307 g/mol. The van der Waals surface area contributed by atoms with Crippen molar-refractivity contribution < 1.29 is 9.90 Å². The molecular weight excluding hydrogens is 290 g/mol. The van der Waals surface area contributed by atoms with Gasteiger partial charge in [-0.25, -0.2) is 14.8 Å². The van der Waals surface area contributed by atoms with E-state index in [-0.39, 0.29) is 5.56 Å². The van der Waals surface area contributed by atoms with Crippen molar-refractivity contribution in [2.75, 3.05) is 0 Å². The van der Waals surface area contributed by atoms with Crippen LogP contribution in [0.2, 0.25) is 0 Å². The van der Waals surface area contributed by atoms with Gasteiger partial charge in [-0.3, -0.25) is 0 Å². The number of carboxylic acids is 1. The van der Waals surface area contributed by atoms with Gasteiger partial charge in [0.05, 0.1) is 5.56 Å². The molecule has 2 aromatic heterocycles. The average molecular weight is 307 g/mol. The number of aromatic carboxylic acids is 1. The van der Waals surface area contributed by atoms with E-state index in [1.54, 1.807) is 6.07 Å². The fraction of sp³-hybridized carbons (Fsp3) is 0.278. The Morgan fingerprint density at radius 2 is 1.91 bits per heavy atom. The highest BCUT2D eigenvalue weighted by Gasteiger charge is 2.24. The molecule has 23 heavy (non-hydrogen) atoms. The Morgan fingerprint density at radius 3 is 2.61 bits per heavy atom. The van der Waals surface area contributed by atoms with Gasteiger partial charge >= 0.3 is 5.97 Å². The maximum atomic E-state index is 11.2. The summed E-state index contributed by atoms with van der Waals surface area (Å²) in [7, 11) is 0. The fourth-order valence-corrected chi connectivity index (χ4v) is 3.40. The molecular formula is C18H17N3O2. The first-order valence-electron chi connectivity index (χ1n) is 7.91. The minimum Gasteiger partial charge on any atom is -0.478 e. The van der Waals surface area contributed by atoms with Gasteiger partial charge < -0.3 is 9.67 Å². The zero-order chi connectivity index (χ0) is 15.8. The van der Waals surface area contributed by atoms with Crippen molar-refractivity contribution >= 4 is 17.1 Å². The second-order valence-corrected chi connectivity index (χ2v) is 5.98. The number of nitrogens with zero attached hydrogens (tertiary/aromatic N) is 3. The minimum absolute atomic E-state index is 0.174. The lowest BCUT2D eigenvalue weighted by molar-refractivity contribution is 0.0696. The van der Waals surface area contributed by atoms with Crippen molar-refractivity contribution in [3.05, 3.63) is 48.2 Å². The summed E-state index contributed by atoms with van der Waals surface area (Å²) in [6.45, 7) is 0. The molecule has 0 atom stereocenters. The Balaban J connectivity index is 1.96. The Hall–Kier alpha value is -2.69. The largest absolute Gasteiger partial charge is 0.478 e. The first-order valence-corrected chi connectivity index (χ1v) is 7.91. The summed E-state index contributed by atoms with van der Waals surface area (Å²) in [5, 5.41) is 9.17. The van der Waals surface area contributed by atoms with Gasteiger partial charge in [0.1, 0.15) is 11.3 Å². The van der Waals surface area contributed by atoms with Crippen molar-refractivity contribution in [3.8, 4) is 11.4 Å². The van der Waals surface area contributed by atoms with Crippen LogP contribution < -0.4 is 0 Å². The lowest BCUT2D eigenvalue weighted by atomic mass is 10.2. The molecule has 0 spiro atoms. The summed E-state index contributed by atoms with van der Waals surface area (Å²) in [4.78, 5) is 20.3. The standard InChI is InChI=1S/C18H17N3O2/c22-18(23)13-10-15-17(19-11-13)21(14-8-4-5-9-14)16(20-15)12-6-2-1-3-7-12/h1-3,6-7,10-11,14H,4-5,8-9H2,(H,22,23). The molecule has 1 aliphatic carbocycles. The number of carboxylic acid groups (broad SMARTS) is 1. The molecule has 1 fully saturated rings. The van der Waals surface area contributed by atoms with E-state index in [1.807, 2.05) is 30.3 Å². The molecule has 0 amide bonds. The van der Waals surface area contributed by atoms with E-state index in [9.17, 15) is 9.90 Å². The molecule has 0 aliphatic heterocycles. The molecule has 4 rings (SSSR count). The summed E-state index contributed by atoms with van der Waals surface area (Å²) in [6.07, 6.45) is 6.09. The zero-order valence-corrected chi connectivity index (χ0v) is 12.6. The Labute approximate surface area is 133 Å². The molecule has 0 radical (unpaired) electrons. The quantitative estimate of drug-likeness (QED) is 0.796. The number of imidazole rings is 1. The normalized spacial score (nSPS) is 15.3. The van der Waals surface area contributed by atoms with Gasteiger partial charge in [0.15, 0.2) is 5.65 Å². The highest BCUT2D eigenvalue weighted by molar-refractivity contribution is 5.91. The fourth-order valence-electron chi connectivity index (χ4n) is 3.40. The van der Waals surface area contributed by atoms with Gasteiger partial charge in [-0.05, 0) is 18.9 Å². The topological polar surface area (TPSA) is 68.0 Å². The van der Waals surface area contributed by atoms with Gasteiger partial charge in [0, 0.05) is 17.8 Å². The number of fused-ring (bicyclic) bond motifs is 1. The van der Waals surface area contributed by atoms with Crippen molar-refractivity contribution in [2.24, 2.45) is 0 Å². The molecule has 1 aliphatic rings. The van der Waals surface area contributed by atoms with Crippen LogP contribution in [-0.4, -0.2) is 25.6 Å². The van der Waals surface area contributed by atoms with Crippen LogP contribution >= 0.6 is 0 Å². The third-order valence-electron chi connectivity index (χ3n) is 4.50. The maximum absolute atomic E-state index is 11.2. The van der Waals surface area contributed by atoms with Crippen molar-refractivity contribution in [1.82, 2.24) is 14.5 Å². The summed E-state index contributed by atoms with van der Waals surface area (Å²) in [5.41, 5.74) is 2.64. The van der Waals surface area contributed by atoms with Gasteiger partial charge in [-0.1, -0.05) is 43.2 Å². The number of hydrogen-bond acceptors (Lipinski definition) is 3. The van der Waals surface area contributed by atoms with Gasteiger partial charge in [-0.2, -0.15) is 0 Å².